The first-order valence-corrected chi connectivity index (χ1v) is 13.4. The molecule has 9 nitrogen and oxygen atoms in total. The van der Waals surface area contributed by atoms with Crippen LogP contribution in [0, 0.1) is 0 Å². The predicted molar refractivity (Wildman–Crippen MR) is 126 cm³/mol. The molecule has 0 atom stereocenters. The van der Waals surface area contributed by atoms with Crippen LogP contribution in [0.3, 0.4) is 0 Å². The third-order valence-electron chi connectivity index (χ3n) is 6.07. The molecule has 1 aromatic carbocycles. The molecule has 34 heavy (non-hydrogen) atoms. The van der Waals surface area contributed by atoms with E-state index in [1.165, 1.54) is 24.5 Å². The lowest BCUT2D eigenvalue weighted by Crippen LogP contribution is -2.50. The van der Waals surface area contributed by atoms with Crippen LogP contribution in [0.2, 0.25) is 0 Å². The van der Waals surface area contributed by atoms with E-state index in [-0.39, 0.29) is 35.1 Å². The number of aromatic nitrogens is 2. The summed E-state index contributed by atoms with van der Waals surface area (Å²) in [6.45, 7) is 4.78. The van der Waals surface area contributed by atoms with Crippen molar-refractivity contribution in [3.63, 3.8) is 0 Å². The first-order valence-electron chi connectivity index (χ1n) is 11.5. The van der Waals surface area contributed by atoms with E-state index in [2.05, 4.69) is 9.97 Å². The number of amides is 2. The molecule has 182 valence electrons. The van der Waals surface area contributed by atoms with Crippen molar-refractivity contribution in [2.75, 3.05) is 19.3 Å². The Morgan fingerprint density at radius 1 is 1.00 bits per heavy atom. The number of hydrogen-bond donors (Lipinski definition) is 0. The molecule has 4 rings (SSSR count). The van der Waals surface area contributed by atoms with Crippen LogP contribution in [0.4, 0.5) is 4.79 Å². The molecular weight excluding hydrogens is 456 g/mol. The van der Waals surface area contributed by atoms with E-state index in [1.807, 2.05) is 18.7 Å². The summed E-state index contributed by atoms with van der Waals surface area (Å²) < 4.78 is 28.6. The van der Waals surface area contributed by atoms with Gasteiger partial charge in [0.25, 0.3) is 5.91 Å². The normalized spacial score (nSPS) is 17.0. The monoisotopic (exact) mass is 486 g/mol. The quantitative estimate of drug-likeness (QED) is 0.617. The van der Waals surface area contributed by atoms with E-state index < -0.39 is 9.84 Å². The zero-order valence-electron chi connectivity index (χ0n) is 19.7. The Morgan fingerprint density at radius 3 is 2.06 bits per heavy atom. The van der Waals surface area contributed by atoms with Gasteiger partial charge in [-0.1, -0.05) is 0 Å². The van der Waals surface area contributed by atoms with Crippen LogP contribution >= 0.6 is 0 Å². The summed E-state index contributed by atoms with van der Waals surface area (Å²) in [7, 11) is -3.28. The number of piperidine rings is 1. The van der Waals surface area contributed by atoms with Crippen molar-refractivity contribution in [2.45, 2.75) is 62.6 Å². The van der Waals surface area contributed by atoms with E-state index in [4.69, 9.17) is 4.74 Å². The predicted octanol–water partition coefficient (Wildman–Crippen LogP) is 3.16. The molecular formula is C24H30N4O5S. The minimum Gasteiger partial charge on any atom is -0.447 e. The average molecular weight is 487 g/mol. The molecule has 2 amide bonds. The molecule has 1 saturated carbocycles. The molecule has 2 aliphatic rings. The lowest BCUT2D eigenvalue weighted by atomic mass is 10.0. The van der Waals surface area contributed by atoms with Crippen LogP contribution in [0.1, 0.15) is 49.9 Å². The molecule has 0 radical (unpaired) electrons. The van der Waals surface area contributed by atoms with Gasteiger partial charge in [-0.3, -0.25) is 4.79 Å². The van der Waals surface area contributed by atoms with Crippen LogP contribution in [0.25, 0.3) is 11.4 Å². The average Bonchev–Trinajstić information content (AvgIpc) is 3.64. The van der Waals surface area contributed by atoms with Crippen LogP contribution in [0.15, 0.2) is 41.6 Å². The van der Waals surface area contributed by atoms with Gasteiger partial charge in [0, 0.05) is 49.4 Å². The molecule has 10 heteroatoms. The molecule has 0 unspecified atom stereocenters. The molecule has 1 aliphatic heterocycles. The van der Waals surface area contributed by atoms with E-state index in [1.54, 1.807) is 17.0 Å². The molecule has 1 aromatic heterocycles. The number of ether oxygens (including phenoxy) is 1. The number of nitrogens with zero attached hydrogens (tertiary/aromatic N) is 4. The van der Waals surface area contributed by atoms with Crippen molar-refractivity contribution in [3.05, 3.63) is 42.2 Å². The lowest BCUT2D eigenvalue weighted by molar-refractivity contribution is 0.0450. The fourth-order valence-corrected chi connectivity index (χ4v) is 4.80. The van der Waals surface area contributed by atoms with Crippen molar-refractivity contribution < 1.29 is 22.7 Å². The fourth-order valence-electron chi connectivity index (χ4n) is 4.17. The fraction of sp³-hybridized carbons (Fsp3) is 0.500. The highest BCUT2D eigenvalue weighted by atomic mass is 32.2. The van der Waals surface area contributed by atoms with Crippen molar-refractivity contribution in [3.8, 4) is 11.4 Å². The third-order valence-corrected chi connectivity index (χ3v) is 7.20. The third kappa shape index (κ3) is 5.55. The highest BCUT2D eigenvalue weighted by Crippen LogP contribution is 2.33. The Balaban J connectivity index is 1.43. The van der Waals surface area contributed by atoms with Crippen molar-refractivity contribution in [1.82, 2.24) is 19.8 Å². The first kappa shape index (κ1) is 24.1. The highest BCUT2D eigenvalue weighted by Gasteiger charge is 2.39. The van der Waals surface area contributed by atoms with Gasteiger partial charge < -0.3 is 14.5 Å². The van der Waals surface area contributed by atoms with Crippen LogP contribution in [-0.4, -0.2) is 77.7 Å². The van der Waals surface area contributed by atoms with Gasteiger partial charge in [-0.05, 0) is 63.8 Å². The lowest BCUT2D eigenvalue weighted by Gasteiger charge is -2.38. The summed E-state index contributed by atoms with van der Waals surface area (Å²) >= 11 is 0. The summed E-state index contributed by atoms with van der Waals surface area (Å²) in [6.07, 6.45) is 7.13. The van der Waals surface area contributed by atoms with E-state index in [9.17, 15) is 18.0 Å². The SMILES string of the molecule is CC(C)OC(=O)N1CCC(N(C(=O)c2cnc(-c3ccc(S(C)(=O)=O)cc3)nc2)C2CC2)CC1. The maximum absolute atomic E-state index is 13.4. The number of benzene rings is 1. The largest absolute Gasteiger partial charge is 0.447 e. The molecule has 2 heterocycles. The summed E-state index contributed by atoms with van der Waals surface area (Å²) in [6, 6.07) is 6.63. The first-order chi connectivity index (χ1) is 16.1. The summed E-state index contributed by atoms with van der Waals surface area (Å²) in [5.41, 5.74) is 1.09. The Hall–Kier alpha value is -3.01. The van der Waals surface area contributed by atoms with Crippen molar-refractivity contribution >= 4 is 21.8 Å². The van der Waals surface area contributed by atoms with Gasteiger partial charge >= 0.3 is 6.09 Å². The molecule has 0 bridgehead atoms. The van der Waals surface area contributed by atoms with Gasteiger partial charge in [-0.25, -0.2) is 23.2 Å². The maximum atomic E-state index is 13.4. The van der Waals surface area contributed by atoms with E-state index in [0.717, 1.165) is 19.1 Å². The van der Waals surface area contributed by atoms with Crippen LogP contribution in [0.5, 0.6) is 0 Å². The number of carbonyl (C=O) groups excluding carboxylic acids is 2. The molecule has 0 spiro atoms. The van der Waals surface area contributed by atoms with Gasteiger partial charge in [0.2, 0.25) is 0 Å². The summed E-state index contributed by atoms with van der Waals surface area (Å²) in [5.74, 6) is 0.330. The standard InChI is InChI=1S/C24H30N4O5S/c1-16(2)33-24(30)27-12-10-20(11-13-27)28(19-6-7-19)23(29)18-14-25-22(26-15-18)17-4-8-21(9-5-17)34(3,31)32/h4-5,8-9,14-16,19-20H,6-7,10-13H2,1-3H3. The summed E-state index contributed by atoms with van der Waals surface area (Å²) in [4.78, 5) is 38.1. The number of carbonyl (C=O) groups is 2. The van der Waals surface area contributed by atoms with Crippen molar-refractivity contribution in [1.29, 1.82) is 0 Å². The van der Waals surface area contributed by atoms with Crippen LogP contribution in [-0.2, 0) is 14.6 Å². The smallest absolute Gasteiger partial charge is 0.410 e. The Morgan fingerprint density at radius 2 is 1.56 bits per heavy atom. The number of likely N-dealkylation sites (tertiary alicyclic amines) is 1. The molecule has 1 aliphatic carbocycles. The minimum absolute atomic E-state index is 0.0614. The second-order valence-electron chi connectivity index (χ2n) is 9.19. The molecule has 1 saturated heterocycles. The Kier molecular flexibility index (Phi) is 6.88. The highest BCUT2D eigenvalue weighted by molar-refractivity contribution is 7.90. The van der Waals surface area contributed by atoms with Gasteiger partial charge in [-0.15, -0.1) is 0 Å². The number of sulfone groups is 1. The van der Waals surface area contributed by atoms with Gasteiger partial charge in [-0.2, -0.15) is 0 Å². The van der Waals surface area contributed by atoms with Gasteiger partial charge in [0.15, 0.2) is 15.7 Å². The number of hydrogen-bond acceptors (Lipinski definition) is 7. The second-order valence-corrected chi connectivity index (χ2v) is 11.2. The Bertz CT molecular complexity index is 1140. The number of rotatable bonds is 6. The molecule has 2 fully saturated rings. The van der Waals surface area contributed by atoms with Gasteiger partial charge in [0.1, 0.15) is 0 Å². The van der Waals surface area contributed by atoms with Crippen molar-refractivity contribution in [2.24, 2.45) is 0 Å². The van der Waals surface area contributed by atoms with E-state index in [0.29, 0.717) is 42.9 Å². The summed E-state index contributed by atoms with van der Waals surface area (Å²) in [5, 5.41) is 0. The van der Waals surface area contributed by atoms with Gasteiger partial charge in [0.05, 0.1) is 16.6 Å². The zero-order chi connectivity index (χ0) is 24.5. The zero-order valence-corrected chi connectivity index (χ0v) is 20.5. The minimum atomic E-state index is -3.28. The second kappa shape index (κ2) is 9.69. The maximum Gasteiger partial charge on any atom is 0.410 e. The Labute approximate surface area is 200 Å². The van der Waals surface area contributed by atoms with Crippen LogP contribution < -0.4 is 0 Å². The van der Waals surface area contributed by atoms with E-state index >= 15 is 0 Å². The molecule has 0 N–H and O–H groups in total. The molecule has 2 aromatic rings. The topological polar surface area (TPSA) is 110 Å².